The molecule has 0 N–H and O–H groups in total. The number of carbonyl (C=O) groups is 3. The Morgan fingerprint density at radius 3 is 2.40 bits per heavy atom. The fourth-order valence-electron chi connectivity index (χ4n) is 1.86. The van der Waals surface area contributed by atoms with E-state index in [-0.39, 0.29) is 6.67 Å². The predicted molar refractivity (Wildman–Crippen MR) is 75.3 cm³/mol. The Hall–Kier alpha value is -1.44. The average molecular weight is 316 g/mol. The number of likely N-dealkylation sites (N-methyl/N-ethyl adjacent to an activating group) is 1. The summed E-state index contributed by atoms with van der Waals surface area (Å²) in [5, 5.41) is 0. The topological polar surface area (TPSA) is 60.9 Å². The highest BCUT2D eigenvalue weighted by Gasteiger charge is 2.42. The van der Waals surface area contributed by atoms with Gasteiger partial charge in [-0.2, -0.15) is 0 Å². The van der Waals surface area contributed by atoms with Crippen LogP contribution in [0.3, 0.4) is 0 Å². The molecule has 1 aliphatic heterocycles. The number of amides is 4. The van der Waals surface area contributed by atoms with Crippen LogP contribution < -0.4 is 0 Å². The summed E-state index contributed by atoms with van der Waals surface area (Å²) < 4.78 is 0.694. The number of halogens is 1. The average Bonchev–Trinajstić information content (AvgIpc) is 2.91. The van der Waals surface area contributed by atoms with Crippen LogP contribution in [0.5, 0.6) is 0 Å². The van der Waals surface area contributed by atoms with Gasteiger partial charge in [-0.3, -0.25) is 19.4 Å². The Morgan fingerprint density at radius 1 is 1.25 bits per heavy atom. The van der Waals surface area contributed by atoms with Gasteiger partial charge in [0.25, 0.3) is 0 Å². The van der Waals surface area contributed by atoms with E-state index in [9.17, 15) is 14.4 Å². The van der Waals surface area contributed by atoms with Crippen LogP contribution in [0.25, 0.3) is 0 Å². The van der Waals surface area contributed by atoms with Gasteiger partial charge in [0.05, 0.1) is 11.0 Å². The van der Waals surface area contributed by atoms with Crippen molar-refractivity contribution < 1.29 is 14.4 Å². The lowest BCUT2D eigenvalue weighted by atomic mass is 10.4. The molecule has 0 aliphatic carbocycles. The van der Waals surface area contributed by atoms with Gasteiger partial charge < -0.3 is 0 Å². The molecule has 0 unspecified atom stereocenters. The summed E-state index contributed by atoms with van der Waals surface area (Å²) in [5.74, 6) is -1.56. The first-order chi connectivity index (χ1) is 9.43. The maximum absolute atomic E-state index is 11.8. The fourth-order valence-corrected chi connectivity index (χ4v) is 2.99. The normalized spacial score (nSPS) is 15.9. The van der Waals surface area contributed by atoms with E-state index in [1.165, 1.54) is 18.4 Å². The first-order valence-electron chi connectivity index (χ1n) is 6.04. The van der Waals surface area contributed by atoms with E-state index in [4.69, 9.17) is 11.6 Å². The molecule has 1 saturated heterocycles. The molecule has 108 valence electrons. The second-order valence-corrected chi connectivity index (χ2v) is 6.17. The van der Waals surface area contributed by atoms with E-state index < -0.39 is 17.8 Å². The van der Waals surface area contributed by atoms with Gasteiger partial charge >= 0.3 is 17.8 Å². The lowest BCUT2D eigenvalue weighted by Crippen LogP contribution is -2.41. The molecule has 20 heavy (non-hydrogen) atoms. The van der Waals surface area contributed by atoms with Gasteiger partial charge in [0, 0.05) is 18.5 Å². The second-order valence-electron chi connectivity index (χ2n) is 4.37. The summed E-state index contributed by atoms with van der Waals surface area (Å²) in [6, 6.07) is 3.13. The van der Waals surface area contributed by atoms with Gasteiger partial charge in [0.1, 0.15) is 0 Å². The third-order valence-corrected chi connectivity index (χ3v) is 4.26. The maximum Gasteiger partial charge on any atom is 0.335 e. The van der Waals surface area contributed by atoms with Crippen molar-refractivity contribution in [2.75, 3.05) is 20.3 Å². The van der Waals surface area contributed by atoms with E-state index >= 15 is 0 Å². The Labute approximate surface area is 125 Å². The molecular weight excluding hydrogens is 302 g/mol. The van der Waals surface area contributed by atoms with E-state index in [1.54, 1.807) is 6.07 Å². The van der Waals surface area contributed by atoms with Crippen molar-refractivity contribution in [1.29, 1.82) is 0 Å². The zero-order valence-corrected chi connectivity index (χ0v) is 12.7. The van der Waals surface area contributed by atoms with E-state index in [2.05, 4.69) is 0 Å². The van der Waals surface area contributed by atoms with E-state index in [1.807, 2.05) is 17.9 Å². The highest BCUT2D eigenvalue weighted by molar-refractivity contribution is 7.16. The molecule has 1 aromatic rings. The summed E-state index contributed by atoms with van der Waals surface area (Å²) in [7, 11) is 1.30. The minimum absolute atomic E-state index is 0.0970. The summed E-state index contributed by atoms with van der Waals surface area (Å²) >= 11 is 7.32. The number of imide groups is 2. The van der Waals surface area contributed by atoms with Crippen LogP contribution in [0.4, 0.5) is 4.79 Å². The molecule has 6 nitrogen and oxygen atoms in total. The molecule has 2 heterocycles. The number of carbonyl (C=O) groups excluding carboxylic acids is 3. The zero-order valence-electron chi connectivity index (χ0n) is 11.1. The Kier molecular flexibility index (Phi) is 4.42. The van der Waals surface area contributed by atoms with E-state index in [0.717, 1.165) is 14.7 Å². The van der Waals surface area contributed by atoms with Crippen molar-refractivity contribution >= 4 is 40.8 Å². The third kappa shape index (κ3) is 2.84. The van der Waals surface area contributed by atoms with Crippen molar-refractivity contribution in [2.45, 2.75) is 13.5 Å². The van der Waals surface area contributed by atoms with Crippen LogP contribution >= 0.6 is 22.9 Å². The van der Waals surface area contributed by atoms with Crippen LogP contribution in [0.2, 0.25) is 4.34 Å². The molecule has 0 aromatic carbocycles. The monoisotopic (exact) mass is 315 g/mol. The molecule has 2 rings (SSSR count). The molecule has 1 aliphatic rings. The second kappa shape index (κ2) is 5.90. The van der Waals surface area contributed by atoms with Crippen LogP contribution in [0.15, 0.2) is 12.1 Å². The first kappa shape index (κ1) is 15.0. The molecule has 0 bridgehead atoms. The van der Waals surface area contributed by atoms with Crippen LogP contribution in [0, 0.1) is 0 Å². The van der Waals surface area contributed by atoms with Crippen molar-refractivity contribution in [2.24, 2.45) is 0 Å². The van der Waals surface area contributed by atoms with Crippen LogP contribution in [0.1, 0.15) is 11.8 Å². The fraction of sp³-hybridized carbons (Fsp3) is 0.417. The quantitative estimate of drug-likeness (QED) is 0.611. The molecular formula is C12H14ClN3O3S. The van der Waals surface area contributed by atoms with Crippen molar-refractivity contribution in [3.05, 3.63) is 21.3 Å². The molecule has 0 atom stereocenters. The maximum atomic E-state index is 11.8. The van der Waals surface area contributed by atoms with Gasteiger partial charge in [-0.25, -0.2) is 9.69 Å². The first-order valence-corrected chi connectivity index (χ1v) is 7.23. The number of hydrogen-bond acceptors (Lipinski definition) is 5. The lowest BCUT2D eigenvalue weighted by Gasteiger charge is -2.24. The minimum atomic E-state index is -0.787. The van der Waals surface area contributed by atoms with Crippen LogP contribution in [-0.4, -0.2) is 52.8 Å². The number of hydrogen-bond donors (Lipinski definition) is 0. The summed E-state index contributed by atoms with van der Waals surface area (Å²) in [5.41, 5.74) is 0. The van der Waals surface area contributed by atoms with Crippen molar-refractivity contribution in [1.82, 2.24) is 14.7 Å². The number of thiophene rings is 1. The van der Waals surface area contributed by atoms with E-state index in [0.29, 0.717) is 17.4 Å². The molecule has 1 fully saturated rings. The molecule has 1 aromatic heterocycles. The Balaban J connectivity index is 2.05. The highest BCUT2D eigenvalue weighted by Crippen LogP contribution is 2.23. The Bertz CT molecular complexity index is 560. The predicted octanol–water partition coefficient (Wildman–Crippen LogP) is 1.60. The molecule has 0 spiro atoms. The third-order valence-electron chi connectivity index (χ3n) is 3.05. The molecule has 8 heteroatoms. The summed E-state index contributed by atoms with van der Waals surface area (Å²) in [4.78, 5) is 39.7. The molecule has 0 radical (unpaired) electrons. The Morgan fingerprint density at radius 2 is 1.95 bits per heavy atom. The highest BCUT2D eigenvalue weighted by atomic mass is 35.5. The SMILES string of the molecule is CCN(Cc1ccc(Cl)s1)CN1C(=O)C(=O)N(C)C1=O. The number of nitrogens with zero attached hydrogens (tertiary/aromatic N) is 3. The largest absolute Gasteiger partial charge is 0.335 e. The molecule has 0 saturated carbocycles. The standard InChI is InChI=1S/C12H14ClN3O3S/c1-3-15(6-8-4-5-9(13)20-8)7-16-11(18)10(17)14(2)12(16)19/h4-5H,3,6-7H2,1-2H3. The minimum Gasteiger partial charge on any atom is -0.281 e. The molecule has 4 amide bonds. The van der Waals surface area contributed by atoms with Crippen LogP contribution in [-0.2, 0) is 16.1 Å². The summed E-state index contributed by atoms with van der Waals surface area (Å²) in [6.45, 7) is 3.23. The van der Waals surface area contributed by atoms with Gasteiger partial charge in [0.2, 0.25) is 0 Å². The van der Waals surface area contributed by atoms with Crippen molar-refractivity contribution in [3.8, 4) is 0 Å². The number of rotatable bonds is 5. The van der Waals surface area contributed by atoms with Gasteiger partial charge in [-0.1, -0.05) is 18.5 Å². The number of urea groups is 1. The van der Waals surface area contributed by atoms with Gasteiger partial charge in [-0.15, -0.1) is 11.3 Å². The lowest BCUT2D eigenvalue weighted by molar-refractivity contribution is -0.143. The van der Waals surface area contributed by atoms with Gasteiger partial charge in [0.15, 0.2) is 0 Å². The smallest absolute Gasteiger partial charge is 0.281 e. The van der Waals surface area contributed by atoms with Crippen molar-refractivity contribution in [3.63, 3.8) is 0 Å². The summed E-state index contributed by atoms with van der Waals surface area (Å²) in [6.07, 6.45) is 0. The van der Waals surface area contributed by atoms with Gasteiger partial charge in [-0.05, 0) is 18.7 Å². The zero-order chi connectivity index (χ0) is 14.9.